The first-order valence-electron chi connectivity index (χ1n) is 8.10. The fraction of sp³-hybridized carbons (Fsp3) is 0.706. The number of rotatable bonds is 3. The highest BCUT2D eigenvalue weighted by Gasteiger charge is 2.37. The summed E-state index contributed by atoms with van der Waals surface area (Å²) < 4.78 is 0. The second kappa shape index (κ2) is 5.72. The van der Waals surface area contributed by atoms with Crippen molar-refractivity contribution in [1.82, 2.24) is 4.98 Å². The molecule has 3 nitrogen and oxygen atoms in total. The molecule has 1 spiro atoms. The van der Waals surface area contributed by atoms with Gasteiger partial charge in [-0.15, -0.1) is 0 Å². The number of pyridine rings is 1. The molecule has 2 heterocycles. The monoisotopic (exact) mass is 274 g/mol. The minimum atomic E-state index is 0.111. The first-order valence-corrected chi connectivity index (χ1v) is 8.10. The van der Waals surface area contributed by atoms with Crippen molar-refractivity contribution in [3.05, 3.63) is 23.4 Å². The number of aliphatic hydroxyl groups is 1. The van der Waals surface area contributed by atoms with E-state index < -0.39 is 0 Å². The number of anilines is 1. The van der Waals surface area contributed by atoms with Crippen LogP contribution in [0.1, 0.15) is 56.7 Å². The zero-order chi connectivity index (χ0) is 14.0. The Kier molecular flexibility index (Phi) is 3.97. The van der Waals surface area contributed by atoms with Gasteiger partial charge in [0.25, 0.3) is 0 Å². The van der Waals surface area contributed by atoms with Crippen LogP contribution in [0.4, 0.5) is 5.82 Å². The highest BCUT2D eigenvalue weighted by molar-refractivity contribution is 5.43. The number of hydrogen-bond donors (Lipinski definition) is 1. The van der Waals surface area contributed by atoms with Crippen molar-refractivity contribution in [1.29, 1.82) is 0 Å². The molecule has 1 aliphatic heterocycles. The molecule has 0 aromatic carbocycles. The number of hydrogen-bond acceptors (Lipinski definition) is 3. The maximum absolute atomic E-state index is 9.40. The zero-order valence-electron chi connectivity index (χ0n) is 12.6. The summed E-state index contributed by atoms with van der Waals surface area (Å²) in [5.74, 6) is 1.07. The summed E-state index contributed by atoms with van der Waals surface area (Å²) in [6, 6.07) is 4.08. The molecule has 1 aliphatic carbocycles. The molecule has 0 radical (unpaired) electrons. The van der Waals surface area contributed by atoms with Crippen molar-refractivity contribution >= 4 is 5.82 Å². The van der Waals surface area contributed by atoms with E-state index in [2.05, 4.69) is 17.9 Å². The average Bonchev–Trinajstić information content (AvgIpc) is 2.95. The van der Waals surface area contributed by atoms with Crippen molar-refractivity contribution in [2.75, 3.05) is 18.0 Å². The number of aryl methyl sites for hydroxylation is 1. The lowest BCUT2D eigenvalue weighted by molar-refractivity contribution is 0.226. The topological polar surface area (TPSA) is 36.4 Å². The quantitative estimate of drug-likeness (QED) is 0.918. The average molecular weight is 274 g/mol. The summed E-state index contributed by atoms with van der Waals surface area (Å²) in [7, 11) is 0. The molecule has 110 valence electrons. The van der Waals surface area contributed by atoms with E-state index in [1.165, 1.54) is 38.5 Å². The fourth-order valence-electron chi connectivity index (χ4n) is 3.90. The molecule has 1 aromatic rings. The summed E-state index contributed by atoms with van der Waals surface area (Å²) in [5, 5.41) is 9.40. The molecule has 0 atom stereocenters. The second-order valence-corrected chi connectivity index (χ2v) is 6.53. The van der Waals surface area contributed by atoms with Gasteiger partial charge in [-0.3, -0.25) is 0 Å². The largest absolute Gasteiger partial charge is 0.392 e. The molecule has 2 fully saturated rings. The zero-order valence-corrected chi connectivity index (χ0v) is 12.6. The van der Waals surface area contributed by atoms with Crippen LogP contribution >= 0.6 is 0 Å². The molecule has 2 aliphatic rings. The highest BCUT2D eigenvalue weighted by atomic mass is 16.3. The molecular formula is C17H26N2O. The molecule has 1 N–H and O–H groups in total. The maximum atomic E-state index is 9.40. The first-order chi connectivity index (χ1) is 9.74. The minimum absolute atomic E-state index is 0.111. The third-order valence-electron chi connectivity index (χ3n) is 5.28. The minimum Gasteiger partial charge on any atom is -0.392 e. The van der Waals surface area contributed by atoms with E-state index >= 15 is 0 Å². The van der Waals surface area contributed by atoms with E-state index in [-0.39, 0.29) is 6.61 Å². The van der Waals surface area contributed by atoms with E-state index in [0.29, 0.717) is 5.41 Å². The van der Waals surface area contributed by atoms with Crippen LogP contribution < -0.4 is 4.90 Å². The number of nitrogens with zero attached hydrogens (tertiary/aromatic N) is 2. The Hall–Kier alpha value is -1.09. The van der Waals surface area contributed by atoms with Gasteiger partial charge in [-0.1, -0.05) is 19.8 Å². The van der Waals surface area contributed by atoms with Gasteiger partial charge in [-0.2, -0.15) is 0 Å². The third-order valence-corrected chi connectivity index (χ3v) is 5.28. The van der Waals surface area contributed by atoms with Gasteiger partial charge < -0.3 is 10.0 Å². The lowest BCUT2D eigenvalue weighted by Gasteiger charge is -2.40. The molecule has 1 saturated carbocycles. The molecule has 0 amide bonds. The maximum Gasteiger partial charge on any atom is 0.129 e. The summed E-state index contributed by atoms with van der Waals surface area (Å²) in [5.41, 5.74) is 2.74. The molecule has 0 unspecified atom stereocenters. The van der Waals surface area contributed by atoms with Crippen molar-refractivity contribution < 1.29 is 5.11 Å². The van der Waals surface area contributed by atoms with Crippen molar-refractivity contribution in [2.24, 2.45) is 5.41 Å². The van der Waals surface area contributed by atoms with Gasteiger partial charge in [0.05, 0.1) is 6.61 Å². The molecule has 1 aromatic heterocycles. The van der Waals surface area contributed by atoms with Crippen LogP contribution in [0.25, 0.3) is 0 Å². The van der Waals surface area contributed by atoms with Crippen molar-refractivity contribution in [3.8, 4) is 0 Å². The van der Waals surface area contributed by atoms with Gasteiger partial charge in [0.1, 0.15) is 5.82 Å². The standard InChI is InChI=1S/C17H26N2O/c1-2-15-11-14(13-20)12-16(18-15)19-9-7-17(8-10-19)5-3-4-6-17/h11-12,20H,2-10,13H2,1H3. The summed E-state index contributed by atoms with van der Waals surface area (Å²) >= 11 is 0. The Morgan fingerprint density at radius 1 is 1.15 bits per heavy atom. The van der Waals surface area contributed by atoms with Crippen LogP contribution in [0.2, 0.25) is 0 Å². The fourth-order valence-corrected chi connectivity index (χ4v) is 3.90. The Balaban J connectivity index is 1.74. The van der Waals surface area contributed by atoms with Crippen LogP contribution in [0, 0.1) is 5.41 Å². The summed E-state index contributed by atoms with van der Waals surface area (Å²) in [6.07, 6.45) is 9.30. The van der Waals surface area contributed by atoms with E-state index in [1.54, 1.807) is 0 Å². The van der Waals surface area contributed by atoms with Crippen LogP contribution in [0.3, 0.4) is 0 Å². The van der Waals surface area contributed by atoms with E-state index in [9.17, 15) is 5.11 Å². The van der Waals surface area contributed by atoms with Crippen molar-refractivity contribution in [3.63, 3.8) is 0 Å². The SMILES string of the molecule is CCc1cc(CO)cc(N2CCC3(CCCC3)CC2)n1. The predicted octanol–water partition coefficient (Wildman–Crippen LogP) is 3.30. The van der Waals surface area contributed by atoms with Crippen LogP contribution in [-0.4, -0.2) is 23.2 Å². The lowest BCUT2D eigenvalue weighted by Crippen LogP contribution is -2.39. The molecule has 20 heavy (non-hydrogen) atoms. The molecule has 1 saturated heterocycles. The van der Waals surface area contributed by atoms with Gasteiger partial charge in [0.2, 0.25) is 0 Å². The van der Waals surface area contributed by atoms with Crippen LogP contribution in [0.5, 0.6) is 0 Å². The first kappa shape index (κ1) is 13.9. The number of aromatic nitrogens is 1. The van der Waals surface area contributed by atoms with Gasteiger partial charge in [-0.05, 0) is 55.2 Å². The van der Waals surface area contributed by atoms with E-state index in [4.69, 9.17) is 4.98 Å². The van der Waals surface area contributed by atoms with Crippen LogP contribution in [-0.2, 0) is 13.0 Å². The van der Waals surface area contributed by atoms with E-state index in [1.807, 2.05) is 6.07 Å². The molecular weight excluding hydrogens is 248 g/mol. The Morgan fingerprint density at radius 3 is 2.45 bits per heavy atom. The second-order valence-electron chi connectivity index (χ2n) is 6.53. The van der Waals surface area contributed by atoms with Gasteiger partial charge >= 0.3 is 0 Å². The Bertz CT molecular complexity index is 434. The molecule has 0 bridgehead atoms. The number of aliphatic hydroxyl groups excluding tert-OH is 1. The Morgan fingerprint density at radius 2 is 1.85 bits per heavy atom. The summed E-state index contributed by atoms with van der Waals surface area (Å²) in [4.78, 5) is 7.17. The smallest absolute Gasteiger partial charge is 0.129 e. The van der Waals surface area contributed by atoms with Gasteiger partial charge in [0.15, 0.2) is 0 Å². The lowest BCUT2D eigenvalue weighted by atomic mass is 9.77. The summed E-state index contributed by atoms with van der Waals surface area (Å²) in [6.45, 7) is 4.49. The normalized spacial score (nSPS) is 21.6. The van der Waals surface area contributed by atoms with Crippen molar-refractivity contribution in [2.45, 2.75) is 58.5 Å². The number of piperidine rings is 1. The molecule has 3 rings (SSSR count). The predicted molar refractivity (Wildman–Crippen MR) is 81.9 cm³/mol. The molecule has 3 heteroatoms. The Labute approximate surface area is 122 Å². The van der Waals surface area contributed by atoms with E-state index in [0.717, 1.165) is 36.6 Å². The highest BCUT2D eigenvalue weighted by Crippen LogP contribution is 2.46. The van der Waals surface area contributed by atoms with Crippen LogP contribution in [0.15, 0.2) is 12.1 Å². The van der Waals surface area contributed by atoms with Gasteiger partial charge in [-0.25, -0.2) is 4.98 Å². The van der Waals surface area contributed by atoms with Gasteiger partial charge in [0, 0.05) is 18.8 Å². The third kappa shape index (κ3) is 2.69.